The summed E-state index contributed by atoms with van der Waals surface area (Å²) >= 11 is 0. The Balaban J connectivity index is 2.88. The van der Waals surface area contributed by atoms with Crippen molar-refractivity contribution in [2.45, 2.75) is 39.2 Å². The van der Waals surface area contributed by atoms with E-state index < -0.39 is 9.84 Å². The minimum absolute atomic E-state index is 0.130. The maximum absolute atomic E-state index is 11.4. The van der Waals surface area contributed by atoms with Gasteiger partial charge >= 0.3 is 0 Å². The van der Waals surface area contributed by atoms with Crippen molar-refractivity contribution < 1.29 is 8.42 Å². The van der Waals surface area contributed by atoms with Gasteiger partial charge in [0, 0.05) is 12.3 Å². The van der Waals surface area contributed by atoms with Crippen molar-refractivity contribution in [3.63, 3.8) is 0 Å². The molecule has 1 N–H and O–H groups in total. The fourth-order valence-corrected chi connectivity index (χ4v) is 2.88. The van der Waals surface area contributed by atoms with E-state index in [2.05, 4.69) is 31.3 Å². The predicted octanol–water partition coefficient (Wildman–Crippen LogP) is 2.72. The van der Waals surface area contributed by atoms with Crippen LogP contribution >= 0.6 is 0 Å². The Morgan fingerprint density at radius 2 is 1.89 bits per heavy atom. The van der Waals surface area contributed by atoms with E-state index in [0.29, 0.717) is 6.42 Å². The fourth-order valence-electron chi connectivity index (χ4n) is 2.21. The van der Waals surface area contributed by atoms with Gasteiger partial charge in [-0.05, 0) is 36.9 Å². The molecule has 0 spiro atoms. The molecule has 0 fully saturated rings. The van der Waals surface area contributed by atoms with E-state index in [9.17, 15) is 8.42 Å². The molecule has 0 saturated carbocycles. The molecule has 1 aromatic rings. The maximum atomic E-state index is 11.4. The van der Waals surface area contributed by atoms with Crippen LogP contribution in [0.1, 0.15) is 43.9 Å². The van der Waals surface area contributed by atoms with Crippen LogP contribution in [0, 0.1) is 0 Å². The Morgan fingerprint density at radius 1 is 1.21 bits per heavy atom. The van der Waals surface area contributed by atoms with Crippen LogP contribution in [0.3, 0.4) is 0 Å². The number of aryl methyl sites for hydroxylation is 1. The lowest BCUT2D eigenvalue weighted by Crippen LogP contribution is -2.25. The molecule has 0 aromatic heterocycles. The Bertz CT molecular complexity index is 483. The van der Waals surface area contributed by atoms with E-state index in [-0.39, 0.29) is 11.8 Å². The van der Waals surface area contributed by atoms with E-state index in [0.717, 1.165) is 19.4 Å². The van der Waals surface area contributed by atoms with Gasteiger partial charge in [0.15, 0.2) is 0 Å². The third-order valence-corrected chi connectivity index (χ3v) is 4.21. The molecule has 3 nitrogen and oxygen atoms in total. The molecule has 0 bridgehead atoms. The average Bonchev–Trinajstić information content (AvgIpc) is 2.38. The highest BCUT2D eigenvalue weighted by Crippen LogP contribution is 2.22. The molecule has 0 heterocycles. The van der Waals surface area contributed by atoms with Crippen molar-refractivity contribution in [3.05, 3.63) is 35.4 Å². The Kier molecular flexibility index (Phi) is 6.52. The fraction of sp³-hybridized carbons (Fsp3) is 0.600. The van der Waals surface area contributed by atoms with Gasteiger partial charge in [0.2, 0.25) is 0 Å². The number of sulfone groups is 1. The predicted molar refractivity (Wildman–Crippen MR) is 81.2 cm³/mol. The molecule has 1 atom stereocenters. The molecule has 1 rings (SSSR count). The van der Waals surface area contributed by atoms with Gasteiger partial charge in [-0.2, -0.15) is 0 Å². The molecule has 1 unspecified atom stereocenters. The van der Waals surface area contributed by atoms with E-state index in [1.807, 2.05) is 12.1 Å². The standard InChI is InChI=1S/C15H25NO2S/c1-4-11-16-15(10-12-19(3,17)18)14-9-7-6-8-13(14)5-2/h6-9,15-16H,4-5,10-12H2,1-3H3. The van der Waals surface area contributed by atoms with Crippen molar-refractivity contribution in [2.24, 2.45) is 0 Å². The first kappa shape index (κ1) is 16.2. The molecular weight excluding hydrogens is 258 g/mol. The second-order valence-corrected chi connectivity index (χ2v) is 7.24. The molecule has 4 heteroatoms. The summed E-state index contributed by atoms with van der Waals surface area (Å²) in [5.41, 5.74) is 2.53. The summed E-state index contributed by atoms with van der Waals surface area (Å²) in [5.74, 6) is 0.229. The molecule has 0 aliphatic carbocycles. The zero-order chi connectivity index (χ0) is 14.3. The zero-order valence-corrected chi connectivity index (χ0v) is 13.0. The second kappa shape index (κ2) is 7.65. The molecule has 0 aliphatic heterocycles. The van der Waals surface area contributed by atoms with Gasteiger partial charge in [-0.25, -0.2) is 8.42 Å². The largest absolute Gasteiger partial charge is 0.310 e. The Morgan fingerprint density at radius 3 is 2.47 bits per heavy atom. The maximum Gasteiger partial charge on any atom is 0.147 e. The van der Waals surface area contributed by atoms with Gasteiger partial charge in [-0.3, -0.25) is 0 Å². The van der Waals surface area contributed by atoms with Crippen LogP contribution in [0.5, 0.6) is 0 Å². The first-order chi connectivity index (χ1) is 8.98. The van der Waals surface area contributed by atoms with Crippen LogP contribution in [0.15, 0.2) is 24.3 Å². The van der Waals surface area contributed by atoms with Crippen LogP contribution in [0.25, 0.3) is 0 Å². The minimum atomic E-state index is -2.91. The van der Waals surface area contributed by atoms with Gasteiger partial charge in [-0.15, -0.1) is 0 Å². The summed E-state index contributed by atoms with van der Waals surface area (Å²) < 4.78 is 22.7. The van der Waals surface area contributed by atoms with Gasteiger partial charge < -0.3 is 5.32 Å². The van der Waals surface area contributed by atoms with Gasteiger partial charge in [0.25, 0.3) is 0 Å². The number of hydrogen-bond donors (Lipinski definition) is 1. The summed E-state index contributed by atoms with van der Waals surface area (Å²) in [6, 6.07) is 8.42. The molecule has 0 saturated heterocycles. The third kappa shape index (κ3) is 5.74. The lowest BCUT2D eigenvalue weighted by atomic mass is 9.97. The second-order valence-electron chi connectivity index (χ2n) is 4.98. The van der Waals surface area contributed by atoms with Crippen molar-refractivity contribution in [1.29, 1.82) is 0 Å². The number of rotatable bonds is 8. The summed E-state index contributed by atoms with van der Waals surface area (Å²) in [6.07, 6.45) is 3.95. The number of benzene rings is 1. The summed E-state index contributed by atoms with van der Waals surface area (Å²) in [7, 11) is -2.91. The molecule has 0 aliphatic rings. The number of nitrogens with one attached hydrogen (secondary N) is 1. The molecule has 19 heavy (non-hydrogen) atoms. The Labute approximate surface area is 117 Å². The highest BCUT2D eigenvalue weighted by atomic mass is 32.2. The van der Waals surface area contributed by atoms with Crippen LogP contribution in [0.2, 0.25) is 0 Å². The van der Waals surface area contributed by atoms with Crippen molar-refractivity contribution in [1.82, 2.24) is 5.32 Å². The highest BCUT2D eigenvalue weighted by molar-refractivity contribution is 7.90. The lowest BCUT2D eigenvalue weighted by Gasteiger charge is -2.21. The Hall–Kier alpha value is -0.870. The smallest absolute Gasteiger partial charge is 0.147 e. The van der Waals surface area contributed by atoms with Crippen LogP contribution in [-0.4, -0.2) is 27.0 Å². The van der Waals surface area contributed by atoms with Crippen LogP contribution in [-0.2, 0) is 16.3 Å². The molecule has 0 amide bonds. The third-order valence-electron chi connectivity index (χ3n) is 3.23. The van der Waals surface area contributed by atoms with E-state index >= 15 is 0 Å². The summed E-state index contributed by atoms with van der Waals surface area (Å²) in [5, 5.41) is 3.47. The molecule has 0 radical (unpaired) electrons. The van der Waals surface area contributed by atoms with Gasteiger partial charge in [-0.1, -0.05) is 38.1 Å². The first-order valence-corrected chi connectivity index (χ1v) is 9.03. The normalized spacial score (nSPS) is 13.4. The van der Waals surface area contributed by atoms with Gasteiger partial charge in [0.1, 0.15) is 9.84 Å². The minimum Gasteiger partial charge on any atom is -0.310 e. The lowest BCUT2D eigenvalue weighted by molar-refractivity contribution is 0.510. The molecule has 108 valence electrons. The van der Waals surface area contributed by atoms with Crippen LogP contribution < -0.4 is 5.32 Å². The van der Waals surface area contributed by atoms with E-state index in [1.165, 1.54) is 17.4 Å². The zero-order valence-electron chi connectivity index (χ0n) is 12.1. The summed E-state index contributed by atoms with van der Waals surface area (Å²) in [6.45, 7) is 5.16. The SMILES string of the molecule is CCCNC(CCS(C)(=O)=O)c1ccccc1CC. The average molecular weight is 283 g/mol. The molecule has 1 aromatic carbocycles. The quantitative estimate of drug-likeness (QED) is 0.798. The first-order valence-electron chi connectivity index (χ1n) is 6.96. The van der Waals surface area contributed by atoms with E-state index in [4.69, 9.17) is 0 Å². The monoisotopic (exact) mass is 283 g/mol. The highest BCUT2D eigenvalue weighted by Gasteiger charge is 2.16. The van der Waals surface area contributed by atoms with E-state index in [1.54, 1.807) is 0 Å². The van der Waals surface area contributed by atoms with Gasteiger partial charge in [0.05, 0.1) is 5.75 Å². The van der Waals surface area contributed by atoms with Crippen molar-refractivity contribution in [2.75, 3.05) is 18.6 Å². The van der Waals surface area contributed by atoms with Crippen LogP contribution in [0.4, 0.5) is 0 Å². The topological polar surface area (TPSA) is 46.2 Å². The van der Waals surface area contributed by atoms with Crippen molar-refractivity contribution >= 4 is 9.84 Å². The summed E-state index contributed by atoms with van der Waals surface area (Å²) in [4.78, 5) is 0. The van der Waals surface area contributed by atoms with Crippen molar-refractivity contribution in [3.8, 4) is 0 Å². The number of hydrogen-bond acceptors (Lipinski definition) is 3. The molecular formula is C15H25NO2S.